The van der Waals surface area contributed by atoms with Gasteiger partial charge < -0.3 is 0 Å². The molecule has 1 fully saturated rings. The lowest BCUT2D eigenvalue weighted by atomic mass is 9.84. The highest BCUT2D eigenvalue weighted by Crippen LogP contribution is 2.34. The molecule has 0 spiro atoms. The number of hydrogen-bond donors (Lipinski definition) is 0. The van der Waals surface area contributed by atoms with Crippen LogP contribution < -0.4 is 0 Å². The molecular formula is C12H14Cl. The van der Waals surface area contributed by atoms with Gasteiger partial charge in [-0.15, -0.1) is 11.6 Å². The maximum absolute atomic E-state index is 6.06. The zero-order valence-corrected chi connectivity index (χ0v) is 8.43. The van der Waals surface area contributed by atoms with E-state index in [2.05, 4.69) is 18.2 Å². The summed E-state index contributed by atoms with van der Waals surface area (Å²) in [5.74, 6) is 0.740. The quantitative estimate of drug-likeness (QED) is 0.596. The van der Waals surface area contributed by atoms with Crippen LogP contribution in [0.4, 0.5) is 0 Å². The fourth-order valence-corrected chi connectivity index (χ4v) is 2.31. The molecule has 1 aliphatic carbocycles. The first-order valence-corrected chi connectivity index (χ1v) is 5.40. The highest BCUT2D eigenvalue weighted by Gasteiger charge is 2.20. The first-order chi connectivity index (χ1) is 6.36. The lowest BCUT2D eigenvalue weighted by Crippen LogP contribution is -2.12. The van der Waals surface area contributed by atoms with E-state index in [1.54, 1.807) is 0 Å². The number of halogens is 1. The summed E-state index contributed by atoms with van der Waals surface area (Å²) in [6.07, 6.45) is 4.84. The van der Waals surface area contributed by atoms with E-state index in [-0.39, 0.29) is 0 Å². The maximum Gasteiger partial charge on any atom is 0.0336 e. The summed E-state index contributed by atoms with van der Waals surface area (Å²) < 4.78 is 0. The van der Waals surface area contributed by atoms with Crippen molar-refractivity contribution in [3.8, 4) is 0 Å². The van der Waals surface area contributed by atoms with E-state index >= 15 is 0 Å². The second-order valence-corrected chi connectivity index (χ2v) is 4.40. The van der Waals surface area contributed by atoms with Crippen LogP contribution in [0.2, 0.25) is 0 Å². The summed E-state index contributed by atoms with van der Waals surface area (Å²) in [5.41, 5.74) is 1.46. The largest absolute Gasteiger partial charge is 0.123 e. The highest BCUT2D eigenvalue weighted by molar-refractivity contribution is 6.20. The average Bonchev–Trinajstić information content (AvgIpc) is 2.20. The molecule has 0 bridgehead atoms. The van der Waals surface area contributed by atoms with E-state index < -0.39 is 0 Å². The Bertz CT molecular complexity index is 247. The topological polar surface area (TPSA) is 0 Å². The van der Waals surface area contributed by atoms with Gasteiger partial charge in [-0.25, -0.2) is 0 Å². The van der Waals surface area contributed by atoms with Crippen LogP contribution in [0.3, 0.4) is 0 Å². The molecule has 0 atom stereocenters. The first-order valence-electron chi connectivity index (χ1n) is 4.96. The van der Waals surface area contributed by atoms with Crippen LogP contribution in [0.25, 0.3) is 0 Å². The van der Waals surface area contributed by atoms with Crippen LogP contribution in [0.5, 0.6) is 0 Å². The standard InChI is InChI=1S/C12H14Cl/c13-12-8-6-11(7-9-12)10-4-2-1-3-5-10/h2-5,11-12H,6-9H2. The Balaban J connectivity index is 2.03. The number of hydrogen-bond acceptors (Lipinski definition) is 0. The van der Waals surface area contributed by atoms with Gasteiger partial charge >= 0.3 is 0 Å². The van der Waals surface area contributed by atoms with Crippen molar-refractivity contribution in [2.75, 3.05) is 0 Å². The molecule has 0 saturated heterocycles. The minimum atomic E-state index is 0.423. The van der Waals surface area contributed by atoms with E-state index in [1.807, 2.05) is 12.1 Å². The van der Waals surface area contributed by atoms with Gasteiger partial charge in [0.2, 0.25) is 0 Å². The van der Waals surface area contributed by atoms with Gasteiger partial charge in [0.05, 0.1) is 0 Å². The smallest absolute Gasteiger partial charge is 0.0336 e. The molecule has 1 aromatic rings. The van der Waals surface area contributed by atoms with Crippen molar-refractivity contribution in [1.82, 2.24) is 0 Å². The van der Waals surface area contributed by atoms with Crippen molar-refractivity contribution < 1.29 is 0 Å². The van der Waals surface area contributed by atoms with Crippen LogP contribution in [-0.4, -0.2) is 5.38 Å². The van der Waals surface area contributed by atoms with Crippen LogP contribution in [0.1, 0.15) is 37.2 Å². The highest BCUT2D eigenvalue weighted by atomic mass is 35.5. The van der Waals surface area contributed by atoms with Gasteiger partial charge in [0, 0.05) is 5.38 Å². The van der Waals surface area contributed by atoms with E-state index in [0.717, 1.165) is 5.92 Å². The summed E-state index contributed by atoms with van der Waals surface area (Å²) in [6.45, 7) is 0. The van der Waals surface area contributed by atoms with Crippen molar-refractivity contribution in [2.45, 2.75) is 37.0 Å². The Labute approximate surface area is 84.9 Å². The van der Waals surface area contributed by atoms with Crippen molar-refractivity contribution in [3.05, 3.63) is 35.9 Å². The minimum absolute atomic E-state index is 0.423. The second kappa shape index (κ2) is 4.15. The van der Waals surface area contributed by atoms with E-state index in [1.165, 1.54) is 31.2 Å². The summed E-state index contributed by atoms with van der Waals surface area (Å²) in [6, 6.07) is 11.4. The maximum atomic E-state index is 6.06. The molecule has 1 heteroatoms. The molecule has 1 radical (unpaired) electrons. The van der Waals surface area contributed by atoms with Gasteiger partial charge in [0.1, 0.15) is 0 Å². The van der Waals surface area contributed by atoms with Gasteiger partial charge in [-0.05, 0) is 43.2 Å². The number of alkyl halides is 1. The third kappa shape index (κ3) is 2.25. The van der Waals surface area contributed by atoms with E-state index in [9.17, 15) is 0 Å². The minimum Gasteiger partial charge on any atom is -0.123 e. The molecule has 1 aromatic carbocycles. The van der Waals surface area contributed by atoms with Gasteiger partial charge in [0.15, 0.2) is 0 Å². The Morgan fingerprint density at radius 3 is 2.31 bits per heavy atom. The molecule has 0 heterocycles. The summed E-state index contributed by atoms with van der Waals surface area (Å²) >= 11 is 6.06. The molecule has 2 rings (SSSR count). The van der Waals surface area contributed by atoms with Crippen LogP contribution in [0, 0.1) is 6.07 Å². The Hall–Kier alpha value is -0.490. The van der Waals surface area contributed by atoms with E-state index in [4.69, 9.17) is 11.6 Å². The zero-order valence-electron chi connectivity index (χ0n) is 7.67. The first kappa shape index (κ1) is 9.08. The summed E-state index contributed by atoms with van der Waals surface area (Å²) in [5, 5.41) is 0.423. The second-order valence-electron chi connectivity index (χ2n) is 3.78. The molecule has 0 aromatic heterocycles. The predicted octanol–water partition coefficient (Wildman–Crippen LogP) is 3.75. The summed E-state index contributed by atoms with van der Waals surface area (Å²) in [4.78, 5) is 0. The predicted molar refractivity (Wildman–Crippen MR) is 56.1 cm³/mol. The fraction of sp³-hybridized carbons (Fsp3) is 0.500. The van der Waals surface area contributed by atoms with Crippen LogP contribution in [0.15, 0.2) is 24.3 Å². The third-order valence-electron chi connectivity index (χ3n) is 2.87. The molecule has 1 aliphatic rings. The molecule has 1 saturated carbocycles. The van der Waals surface area contributed by atoms with Crippen molar-refractivity contribution in [2.24, 2.45) is 0 Å². The van der Waals surface area contributed by atoms with E-state index in [0.29, 0.717) is 5.38 Å². The average molecular weight is 194 g/mol. The van der Waals surface area contributed by atoms with Crippen molar-refractivity contribution >= 4 is 11.6 Å². The van der Waals surface area contributed by atoms with Crippen molar-refractivity contribution in [3.63, 3.8) is 0 Å². The van der Waals surface area contributed by atoms with Gasteiger partial charge in [-0.2, -0.15) is 0 Å². The molecule has 0 N–H and O–H groups in total. The van der Waals surface area contributed by atoms with Gasteiger partial charge in [-0.3, -0.25) is 0 Å². The lowest BCUT2D eigenvalue weighted by molar-refractivity contribution is 0.449. The normalized spacial score (nSPS) is 28.7. The number of benzene rings is 1. The molecule has 0 unspecified atom stereocenters. The Morgan fingerprint density at radius 2 is 1.69 bits per heavy atom. The molecule has 69 valence electrons. The van der Waals surface area contributed by atoms with Crippen molar-refractivity contribution in [1.29, 1.82) is 0 Å². The van der Waals surface area contributed by atoms with Gasteiger partial charge in [-0.1, -0.05) is 24.3 Å². The Kier molecular flexibility index (Phi) is 2.90. The van der Waals surface area contributed by atoms with Crippen LogP contribution in [-0.2, 0) is 0 Å². The molecule has 0 amide bonds. The summed E-state index contributed by atoms with van der Waals surface area (Å²) in [7, 11) is 0. The molecule has 13 heavy (non-hydrogen) atoms. The monoisotopic (exact) mass is 193 g/mol. The zero-order chi connectivity index (χ0) is 9.10. The molecular weight excluding hydrogens is 180 g/mol. The Morgan fingerprint density at radius 1 is 1.08 bits per heavy atom. The van der Waals surface area contributed by atoms with Crippen LogP contribution >= 0.6 is 11.6 Å². The third-order valence-corrected chi connectivity index (χ3v) is 3.31. The number of rotatable bonds is 1. The fourth-order valence-electron chi connectivity index (χ4n) is 2.06. The molecule has 0 nitrogen and oxygen atoms in total. The molecule has 0 aliphatic heterocycles. The van der Waals surface area contributed by atoms with Gasteiger partial charge in [0.25, 0.3) is 0 Å². The lowest BCUT2D eigenvalue weighted by Gasteiger charge is -2.25. The SMILES string of the molecule is ClC1CCC(c2cc[c]cc2)CC1.